The first-order chi connectivity index (χ1) is 9.77. The van der Waals surface area contributed by atoms with Crippen molar-refractivity contribution < 1.29 is 8.42 Å². The zero-order valence-electron chi connectivity index (χ0n) is 13.0. The number of nitrogens with zero attached hydrogens (tertiary/aromatic N) is 1. The Morgan fingerprint density at radius 3 is 2.52 bits per heavy atom. The number of likely N-dealkylation sites (tertiary alicyclic amines) is 1. The normalized spacial score (nSPS) is 19.4. The van der Waals surface area contributed by atoms with E-state index in [2.05, 4.69) is 24.2 Å². The van der Waals surface area contributed by atoms with E-state index in [4.69, 9.17) is 5.14 Å². The molecule has 1 saturated heterocycles. The number of piperidine rings is 1. The minimum absolute atomic E-state index is 0.158. The molecule has 1 heterocycles. The zero-order valence-corrected chi connectivity index (χ0v) is 13.8. The average molecular weight is 311 g/mol. The van der Waals surface area contributed by atoms with Crippen LogP contribution in [0.25, 0.3) is 0 Å². The van der Waals surface area contributed by atoms with Crippen LogP contribution in [-0.4, -0.2) is 39.5 Å². The highest BCUT2D eigenvalue weighted by Crippen LogP contribution is 2.25. The maximum atomic E-state index is 11.5. The Hall–Kier alpha value is -1.11. The highest BCUT2D eigenvalue weighted by atomic mass is 32.2. The Morgan fingerprint density at radius 1 is 1.33 bits per heavy atom. The molecule has 3 N–H and O–H groups in total. The Bertz CT molecular complexity index is 593. The van der Waals surface area contributed by atoms with Crippen LogP contribution in [0.3, 0.4) is 0 Å². The van der Waals surface area contributed by atoms with E-state index < -0.39 is 10.0 Å². The Morgan fingerprint density at radius 2 is 1.95 bits per heavy atom. The van der Waals surface area contributed by atoms with Gasteiger partial charge >= 0.3 is 0 Å². The monoisotopic (exact) mass is 311 g/mol. The van der Waals surface area contributed by atoms with Crippen LogP contribution in [-0.2, 0) is 10.0 Å². The maximum absolute atomic E-state index is 11.5. The van der Waals surface area contributed by atoms with Gasteiger partial charge in [-0.15, -0.1) is 0 Å². The minimum Gasteiger partial charge on any atom is -0.382 e. The molecule has 1 fully saturated rings. The largest absolute Gasteiger partial charge is 0.382 e. The first-order valence-corrected chi connectivity index (χ1v) is 8.90. The Labute approximate surface area is 127 Å². The van der Waals surface area contributed by atoms with Gasteiger partial charge in [0.1, 0.15) is 0 Å². The van der Waals surface area contributed by atoms with Gasteiger partial charge < -0.3 is 10.2 Å². The van der Waals surface area contributed by atoms with Gasteiger partial charge in [0, 0.05) is 11.7 Å². The number of primary sulfonamides is 1. The van der Waals surface area contributed by atoms with E-state index in [1.54, 1.807) is 18.2 Å². The molecular weight excluding hydrogens is 286 g/mol. The molecule has 0 bridgehead atoms. The van der Waals surface area contributed by atoms with E-state index in [9.17, 15) is 8.42 Å². The van der Waals surface area contributed by atoms with E-state index in [1.165, 1.54) is 12.8 Å². The third-order valence-corrected chi connectivity index (χ3v) is 5.30. The lowest BCUT2D eigenvalue weighted by Gasteiger charge is -2.33. The van der Waals surface area contributed by atoms with Crippen LogP contribution >= 0.6 is 0 Å². The third-order valence-electron chi connectivity index (χ3n) is 4.39. The first kappa shape index (κ1) is 16.3. The zero-order chi connectivity index (χ0) is 15.6. The van der Waals surface area contributed by atoms with Gasteiger partial charge in [-0.1, -0.05) is 6.07 Å². The van der Waals surface area contributed by atoms with Gasteiger partial charge in [0.05, 0.1) is 4.90 Å². The van der Waals surface area contributed by atoms with Crippen molar-refractivity contribution in [2.45, 2.75) is 37.6 Å². The fourth-order valence-corrected chi connectivity index (χ4v) is 3.37. The lowest BCUT2D eigenvalue weighted by Crippen LogP contribution is -2.37. The van der Waals surface area contributed by atoms with Crippen molar-refractivity contribution in [3.05, 3.63) is 23.8 Å². The summed E-state index contributed by atoms with van der Waals surface area (Å²) in [6.45, 7) is 6.37. The number of anilines is 1. The molecule has 0 spiro atoms. The highest BCUT2D eigenvalue weighted by molar-refractivity contribution is 7.89. The molecule has 1 aliphatic rings. The molecule has 0 radical (unpaired) electrons. The summed E-state index contributed by atoms with van der Waals surface area (Å²) in [5.41, 5.74) is 1.88. The number of nitrogens with two attached hydrogens (primary N) is 1. The highest BCUT2D eigenvalue weighted by Gasteiger charge is 2.22. The van der Waals surface area contributed by atoms with Crippen molar-refractivity contribution in [2.75, 3.05) is 25.5 Å². The second kappa shape index (κ2) is 6.34. The van der Waals surface area contributed by atoms with Crippen molar-refractivity contribution in [1.82, 2.24) is 4.90 Å². The van der Waals surface area contributed by atoms with Crippen molar-refractivity contribution in [1.29, 1.82) is 0 Å². The molecule has 1 unspecified atom stereocenters. The number of rotatable bonds is 4. The fourth-order valence-electron chi connectivity index (χ4n) is 2.83. The van der Waals surface area contributed by atoms with Gasteiger partial charge in [-0.3, -0.25) is 0 Å². The molecule has 0 amide bonds. The second-order valence-electron chi connectivity index (χ2n) is 6.10. The molecule has 0 saturated carbocycles. The number of hydrogen-bond donors (Lipinski definition) is 2. The summed E-state index contributed by atoms with van der Waals surface area (Å²) >= 11 is 0. The van der Waals surface area contributed by atoms with Crippen LogP contribution < -0.4 is 10.5 Å². The number of hydrogen-bond acceptors (Lipinski definition) is 4. The average Bonchev–Trinajstić information content (AvgIpc) is 2.40. The predicted molar refractivity (Wildman–Crippen MR) is 85.9 cm³/mol. The van der Waals surface area contributed by atoms with E-state index in [1.807, 2.05) is 6.92 Å². The Balaban J connectivity index is 2.11. The summed E-state index contributed by atoms with van der Waals surface area (Å²) < 4.78 is 22.9. The summed E-state index contributed by atoms with van der Waals surface area (Å²) in [7, 11) is -1.51. The van der Waals surface area contributed by atoms with E-state index >= 15 is 0 Å². The first-order valence-electron chi connectivity index (χ1n) is 7.36. The molecule has 1 aliphatic heterocycles. The molecule has 2 rings (SSSR count). The van der Waals surface area contributed by atoms with Gasteiger partial charge in [-0.25, -0.2) is 13.6 Å². The lowest BCUT2D eigenvalue weighted by atomic mass is 9.90. The molecule has 21 heavy (non-hydrogen) atoms. The predicted octanol–water partition coefficient (Wildman–Crippen LogP) is 1.78. The molecule has 0 aromatic heterocycles. The van der Waals surface area contributed by atoms with Crippen molar-refractivity contribution >= 4 is 15.7 Å². The van der Waals surface area contributed by atoms with Gasteiger partial charge in [-0.05, 0) is 70.4 Å². The number of benzene rings is 1. The molecule has 118 valence electrons. The van der Waals surface area contributed by atoms with Crippen molar-refractivity contribution in [2.24, 2.45) is 11.1 Å². The van der Waals surface area contributed by atoms with Crippen LogP contribution in [0, 0.1) is 12.8 Å². The molecule has 0 aliphatic carbocycles. The number of aryl methyl sites for hydroxylation is 1. The summed E-state index contributed by atoms with van der Waals surface area (Å²) in [4.78, 5) is 2.50. The topological polar surface area (TPSA) is 75.4 Å². The maximum Gasteiger partial charge on any atom is 0.238 e. The smallest absolute Gasteiger partial charge is 0.238 e. The quantitative estimate of drug-likeness (QED) is 0.889. The van der Waals surface area contributed by atoms with E-state index in [-0.39, 0.29) is 4.90 Å². The Kier molecular flexibility index (Phi) is 4.91. The van der Waals surface area contributed by atoms with Gasteiger partial charge in [0.2, 0.25) is 10.0 Å². The summed E-state index contributed by atoms with van der Waals surface area (Å²) in [5.74, 6) is 0.610. The van der Waals surface area contributed by atoms with E-state index in [0.717, 1.165) is 24.3 Å². The molecule has 5 nitrogen and oxygen atoms in total. The molecular formula is C15H25N3O2S. The van der Waals surface area contributed by atoms with Gasteiger partial charge in [0.25, 0.3) is 0 Å². The summed E-state index contributed by atoms with van der Waals surface area (Å²) in [6, 6.07) is 5.29. The summed E-state index contributed by atoms with van der Waals surface area (Å²) in [6.07, 6.45) is 2.33. The molecule has 6 heteroatoms. The summed E-state index contributed by atoms with van der Waals surface area (Å²) in [5, 5.41) is 8.67. The third kappa shape index (κ3) is 4.18. The van der Waals surface area contributed by atoms with Crippen LogP contribution in [0.5, 0.6) is 0 Å². The van der Waals surface area contributed by atoms with Gasteiger partial charge in [-0.2, -0.15) is 0 Å². The number of sulfonamides is 1. The SMILES string of the molecule is Cc1ccc(S(N)(=O)=O)cc1NC(C)C1CCN(C)CC1. The molecule has 1 atom stereocenters. The molecule has 1 aromatic rings. The minimum atomic E-state index is -3.66. The lowest BCUT2D eigenvalue weighted by molar-refractivity contribution is 0.208. The van der Waals surface area contributed by atoms with Crippen LogP contribution in [0.15, 0.2) is 23.1 Å². The van der Waals surface area contributed by atoms with Crippen molar-refractivity contribution in [3.63, 3.8) is 0 Å². The van der Waals surface area contributed by atoms with E-state index in [0.29, 0.717) is 12.0 Å². The second-order valence-corrected chi connectivity index (χ2v) is 7.66. The number of nitrogens with one attached hydrogen (secondary N) is 1. The van der Waals surface area contributed by atoms with Crippen LogP contribution in [0.4, 0.5) is 5.69 Å². The standard InChI is InChI=1S/C15H25N3O2S/c1-11-4-5-14(21(16,19)20)10-15(11)17-12(2)13-6-8-18(3)9-7-13/h4-5,10,12-13,17H,6-9H2,1-3H3,(H2,16,19,20). The van der Waals surface area contributed by atoms with Crippen molar-refractivity contribution in [3.8, 4) is 0 Å². The molecule has 1 aromatic carbocycles. The fraction of sp³-hybridized carbons (Fsp3) is 0.600. The van der Waals surface area contributed by atoms with Gasteiger partial charge in [0.15, 0.2) is 0 Å². The van der Waals surface area contributed by atoms with Crippen LogP contribution in [0.2, 0.25) is 0 Å². The van der Waals surface area contributed by atoms with Crippen LogP contribution in [0.1, 0.15) is 25.3 Å².